The summed E-state index contributed by atoms with van der Waals surface area (Å²) in [7, 11) is 0. The van der Waals surface area contributed by atoms with Gasteiger partial charge in [0.15, 0.2) is 6.10 Å². The summed E-state index contributed by atoms with van der Waals surface area (Å²) in [5.41, 5.74) is 0. The lowest BCUT2D eigenvalue weighted by atomic mass is 10.0. The van der Waals surface area contributed by atoms with Crippen LogP contribution in [-0.4, -0.2) is 37.2 Å². The van der Waals surface area contributed by atoms with E-state index in [0.717, 1.165) is 57.8 Å². The molecule has 452 valence electrons. The van der Waals surface area contributed by atoms with E-state index in [9.17, 15) is 14.4 Å². The third kappa shape index (κ3) is 63.2. The minimum Gasteiger partial charge on any atom is -0.462 e. The molecule has 0 saturated heterocycles. The number of hydrogen-bond acceptors (Lipinski definition) is 6. The van der Waals surface area contributed by atoms with E-state index in [1.165, 1.54) is 315 Å². The fraction of sp³-hybridized carbons (Fsp3) is 0.957. The lowest BCUT2D eigenvalue weighted by Crippen LogP contribution is -2.30. The van der Waals surface area contributed by atoms with Gasteiger partial charge in [-0.25, -0.2) is 0 Å². The molecular weight excluding hydrogens is 937 g/mol. The van der Waals surface area contributed by atoms with Gasteiger partial charge < -0.3 is 14.2 Å². The van der Waals surface area contributed by atoms with Crippen LogP contribution < -0.4 is 0 Å². The molecule has 0 saturated carbocycles. The van der Waals surface area contributed by atoms with E-state index in [-0.39, 0.29) is 31.1 Å². The van der Waals surface area contributed by atoms with E-state index in [0.29, 0.717) is 19.3 Å². The quantitative estimate of drug-likeness (QED) is 0.0343. The van der Waals surface area contributed by atoms with Crippen LogP contribution in [0.25, 0.3) is 0 Å². The second-order valence-corrected chi connectivity index (χ2v) is 24.2. The molecule has 0 heterocycles. The Labute approximate surface area is 476 Å². The third-order valence-electron chi connectivity index (χ3n) is 16.4. The number of carbonyl (C=O) groups excluding carboxylic acids is 3. The molecule has 1 atom stereocenters. The molecule has 0 aliphatic carbocycles. The van der Waals surface area contributed by atoms with E-state index >= 15 is 0 Å². The van der Waals surface area contributed by atoms with Crippen molar-refractivity contribution in [3.8, 4) is 0 Å². The summed E-state index contributed by atoms with van der Waals surface area (Å²) in [6.07, 6.45) is 77.4. The SMILES string of the molecule is CCCCCCCCCCCCCCCCCCCCCCCCCCCCCCC(=O)OCC(COC(=O)CCCCCCCCC)OC(=O)CCCCCCCCCCCCCCCCCCCCCCCCC. The van der Waals surface area contributed by atoms with Crippen molar-refractivity contribution in [3.63, 3.8) is 0 Å². The Morgan fingerprint density at radius 3 is 0.526 bits per heavy atom. The maximum atomic E-state index is 12.9. The highest BCUT2D eigenvalue weighted by molar-refractivity contribution is 5.71. The van der Waals surface area contributed by atoms with Crippen molar-refractivity contribution in [2.24, 2.45) is 0 Å². The van der Waals surface area contributed by atoms with E-state index in [4.69, 9.17) is 14.2 Å². The molecule has 6 nitrogen and oxygen atoms in total. The van der Waals surface area contributed by atoms with Crippen molar-refractivity contribution in [2.75, 3.05) is 13.2 Å². The first kappa shape index (κ1) is 74.4. The number of hydrogen-bond donors (Lipinski definition) is 0. The summed E-state index contributed by atoms with van der Waals surface area (Å²) in [5, 5.41) is 0. The molecule has 76 heavy (non-hydrogen) atoms. The Kier molecular flexibility index (Phi) is 64.5. The topological polar surface area (TPSA) is 78.9 Å². The molecule has 0 N–H and O–H groups in total. The average molecular weight is 1070 g/mol. The first-order valence-electron chi connectivity index (χ1n) is 35.0. The van der Waals surface area contributed by atoms with Gasteiger partial charge in [0.1, 0.15) is 13.2 Å². The first-order valence-corrected chi connectivity index (χ1v) is 35.0. The zero-order chi connectivity index (χ0) is 55.0. The molecular formula is C70H136O6. The Bertz CT molecular complexity index is 1140. The lowest BCUT2D eigenvalue weighted by Gasteiger charge is -2.18. The van der Waals surface area contributed by atoms with Crippen molar-refractivity contribution in [1.82, 2.24) is 0 Å². The van der Waals surface area contributed by atoms with Crippen LogP contribution in [0.1, 0.15) is 412 Å². The van der Waals surface area contributed by atoms with E-state index < -0.39 is 6.10 Å². The standard InChI is InChI=1S/C70H136O6/c1-4-7-10-13-16-18-20-22-24-26-28-30-32-33-34-35-36-38-39-41-43-45-47-49-51-54-57-60-63-69(72)75-66-67(65-74-68(71)62-59-56-53-15-12-9-6-3)76-70(73)64-61-58-55-52-50-48-46-44-42-40-37-31-29-27-25-23-21-19-17-14-11-8-5-2/h67H,4-66H2,1-3H3. The number of esters is 3. The predicted molar refractivity (Wildman–Crippen MR) is 330 cm³/mol. The smallest absolute Gasteiger partial charge is 0.306 e. The van der Waals surface area contributed by atoms with Crippen molar-refractivity contribution < 1.29 is 28.6 Å². The highest BCUT2D eigenvalue weighted by Gasteiger charge is 2.19. The van der Waals surface area contributed by atoms with Gasteiger partial charge in [0.05, 0.1) is 0 Å². The number of unbranched alkanes of at least 4 members (excludes halogenated alkanes) is 55. The summed E-state index contributed by atoms with van der Waals surface area (Å²) in [6.45, 7) is 6.69. The van der Waals surface area contributed by atoms with Gasteiger partial charge in [-0.3, -0.25) is 14.4 Å². The first-order chi connectivity index (χ1) is 37.5. The number of ether oxygens (including phenoxy) is 3. The molecule has 0 aromatic carbocycles. The summed E-state index contributed by atoms with van der Waals surface area (Å²) in [4.78, 5) is 38.1. The Morgan fingerprint density at radius 2 is 0.355 bits per heavy atom. The molecule has 0 fully saturated rings. The highest BCUT2D eigenvalue weighted by atomic mass is 16.6. The van der Waals surface area contributed by atoms with E-state index in [2.05, 4.69) is 20.8 Å². The minimum atomic E-state index is -0.761. The van der Waals surface area contributed by atoms with Crippen LogP contribution in [0.3, 0.4) is 0 Å². The molecule has 0 aromatic heterocycles. The second kappa shape index (κ2) is 65.9. The van der Waals surface area contributed by atoms with Crippen LogP contribution in [0, 0.1) is 0 Å². The van der Waals surface area contributed by atoms with Gasteiger partial charge in [-0.1, -0.05) is 374 Å². The van der Waals surface area contributed by atoms with Crippen LogP contribution in [-0.2, 0) is 28.6 Å². The molecule has 0 aliphatic rings. The Hall–Kier alpha value is -1.59. The average Bonchev–Trinajstić information content (AvgIpc) is 3.42. The van der Waals surface area contributed by atoms with Gasteiger partial charge in [0, 0.05) is 19.3 Å². The van der Waals surface area contributed by atoms with Gasteiger partial charge in [0.2, 0.25) is 0 Å². The molecule has 0 aromatic rings. The van der Waals surface area contributed by atoms with Gasteiger partial charge in [-0.15, -0.1) is 0 Å². The maximum Gasteiger partial charge on any atom is 0.306 e. The summed E-state index contributed by atoms with van der Waals surface area (Å²) in [5.74, 6) is -0.833. The molecule has 1 unspecified atom stereocenters. The highest BCUT2D eigenvalue weighted by Crippen LogP contribution is 2.19. The summed E-state index contributed by atoms with van der Waals surface area (Å²) in [6, 6.07) is 0. The maximum absolute atomic E-state index is 12.9. The summed E-state index contributed by atoms with van der Waals surface area (Å²) < 4.78 is 16.9. The molecule has 0 amide bonds. The predicted octanol–water partition coefficient (Wildman–Crippen LogP) is 23.8. The Morgan fingerprint density at radius 1 is 0.211 bits per heavy atom. The van der Waals surface area contributed by atoms with Gasteiger partial charge in [0.25, 0.3) is 0 Å². The van der Waals surface area contributed by atoms with E-state index in [1.54, 1.807) is 0 Å². The largest absolute Gasteiger partial charge is 0.462 e. The van der Waals surface area contributed by atoms with Crippen LogP contribution >= 0.6 is 0 Å². The molecule has 0 rings (SSSR count). The molecule has 0 aliphatic heterocycles. The molecule has 0 radical (unpaired) electrons. The Balaban J connectivity index is 3.99. The van der Waals surface area contributed by atoms with Crippen LogP contribution in [0.15, 0.2) is 0 Å². The second-order valence-electron chi connectivity index (χ2n) is 24.2. The van der Waals surface area contributed by atoms with Crippen molar-refractivity contribution in [3.05, 3.63) is 0 Å². The minimum absolute atomic E-state index is 0.0613. The van der Waals surface area contributed by atoms with Gasteiger partial charge >= 0.3 is 17.9 Å². The fourth-order valence-corrected chi connectivity index (χ4v) is 11.1. The van der Waals surface area contributed by atoms with Crippen LogP contribution in [0.2, 0.25) is 0 Å². The number of carbonyl (C=O) groups is 3. The molecule has 6 heteroatoms. The van der Waals surface area contributed by atoms with Gasteiger partial charge in [-0.2, -0.15) is 0 Å². The number of rotatable bonds is 66. The molecule has 0 bridgehead atoms. The van der Waals surface area contributed by atoms with Crippen molar-refractivity contribution in [2.45, 2.75) is 419 Å². The van der Waals surface area contributed by atoms with E-state index in [1.807, 2.05) is 0 Å². The monoisotopic (exact) mass is 1070 g/mol. The zero-order valence-electron chi connectivity index (χ0n) is 52.1. The summed E-state index contributed by atoms with van der Waals surface area (Å²) >= 11 is 0. The zero-order valence-corrected chi connectivity index (χ0v) is 52.1. The van der Waals surface area contributed by atoms with Crippen LogP contribution in [0.4, 0.5) is 0 Å². The normalized spacial score (nSPS) is 11.9. The van der Waals surface area contributed by atoms with Crippen LogP contribution in [0.5, 0.6) is 0 Å². The van der Waals surface area contributed by atoms with Gasteiger partial charge in [-0.05, 0) is 19.3 Å². The third-order valence-corrected chi connectivity index (χ3v) is 16.4. The van der Waals surface area contributed by atoms with Crippen molar-refractivity contribution in [1.29, 1.82) is 0 Å². The lowest BCUT2D eigenvalue weighted by molar-refractivity contribution is -0.167. The molecule has 0 spiro atoms. The van der Waals surface area contributed by atoms with Crippen molar-refractivity contribution >= 4 is 17.9 Å². The fourth-order valence-electron chi connectivity index (χ4n) is 11.1.